The van der Waals surface area contributed by atoms with E-state index in [1.807, 2.05) is 12.1 Å². The van der Waals surface area contributed by atoms with Gasteiger partial charge in [0.25, 0.3) is 5.91 Å². The monoisotopic (exact) mass is 249 g/mol. The minimum Gasteiger partial charge on any atom is -0.481 e. The molecule has 2 amide bonds. The molecule has 18 heavy (non-hydrogen) atoms. The number of rotatable bonds is 6. The average molecular weight is 249 g/mol. The van der Waals surface area contributed by atoms with Crippen molar-refractivity contribution in [3.8, 4) is 5.75 Å². The minimum absolute atomic E-state index is 0.113. The fourth-order valence-corrected chi connectivity index (χ4v) is 1.28. The molecule has 1 aromatic carbocycles. The summed E-state index contributed by atoms with van der Waals surface area (Å²) in [6.45, 7) is 1.59. The molecule has 1 aromatic rings. The molecule has 97 valence electrons. The first kappa shape index (κ1) is 14.0. The van der Waals surface area contributed by atoms with Crippen molar-refractivity contribution in [3.05, 3.63) is 36.2 Å². The molecule has 0 saturated heterocycles. The normalized spacial score (nSPS) is 11.7. The number of amides is 2. The average Bonchev–Trinajstić information content (AvgIpc) is 2.37. The second-order valence-corrected chi connectivity index (χ2v) is 3.83. The summed E-state index contributed by atoms with van der Waals surface area (Å²) in [6.07, 6.45) is 1.45. The Bertz CT molecular complexity index is 415. The van der Waals surface area contributed by atoms with Crippen LogP contribution in [0.2, 0.25) is 0 Å². The molecule has 1 atom stereocenters. The number of benzene rings is 1. The standard InChI is InChI=1S/C13H17N2O3/c1-9(13(14)17)18-11-6-3-10(4-7-11)5-8-12(16)15-2/h3-4,6-9H,5H2,1-2H3,(H2,14,17)(H,15,16)/t9-/m0/s1. The molecule has 0 fully saturated rings. The molecule has 3 N–H and O–H groups in total. The predicted octanol–water partition coefficient (Wildman–Crippen LogP) is 0.432. The Morgan fingerprint density at radius 1 is 1.39 bits per heavy atom. The van der Waals surface area contributed by atoms with Crippen LogP contribution in [0.5, 0.6) is 5.75 Å². The predicted molar refractivity (Wildman–Crippen MR) is 67.8 cm³/mol. The Morgan fingerprint density at radius 3 is 2.50 bits per heavy atom. The van der Waals surface area contributed by atoms with Crippen LogP contribution in [0.15, 0.2) is 24.3 Å². The van der Waals surface area contributed by atoms with Crippen molar-refractivity contribution < 1.29 is 14.3 Å². The molecule has 0 aliphatic heterocycles. The van der Waals surface area contributed by atoms with Crippen LogP contribution in [-0.2, 0) is 16.0 Å². The van der Waals surface area contributed by atoms with Crippen LogP contribution in [0, 0.1) is 6.42 Å². The van der Waals surface area contributed by atoms with Gasteiger partial charge in [0.05, 0.1) is 6.42 Å². The Labute approximate surface area is 106 Å². The molecule has 0 aromatic heterocycles. The van der Waals surface area contributed by atoms with E-state index in [2.05, 4.69) is 5.32 Å². The highest BCUT2D eigenvalue weighted by atomic mass is 16.5. The van der Waals surface area contributed by atoms with Gasteiger partial charge in [0.15, 0.2) is 6.10 Å². The first-order valence-corrected chi connectivity index (χ1v) is 5.62. The van der Waals surface area contributed by atoms with Gasteiger partial charge in [0.2, 0.25) is 5.91 Å². The lowest BCUT2D eigenvalue weighted by molar-refractivity contribution is -0.124. The Hall–Kier alpha value is -2.04. The molecular weight excluding hydrogens is 232 g/mol. The highest BCUT2D eigenvalue weighted by Gasteiger charge is 2.09. The molecule has 5 nitrogen and oxygen atoms in total. The number of nitrogens with one attached hydrogen (secondary N) is 1. The number of carbonyl (C=O) groups is 2. The summed E-state index contributed by atoms with van der Waals surface area (Å²) in [5.74, 6) is -0.0466. The molecule has 1 rings (SSSR count). The molecule has 0 spiro atoms. The molecule has 0 aliphatic carbocycles. The highest BCUT2D eigenvalue weighted by Crippen LogP contribution is 2.14. The first-order chi connectivity index (χ1) is 8.52. The van der Waals surface area contributed by atoms with E-state index < -0.39 is 12.0 Å². The van der Waals surface area contributed by atoms with Crippen molar-refractivity contribution in [2.24, 2.45) is 5.73 Å². The SMILES string of the molecule is CNC(=O)[CH]Cc1ccc(O[C@@H](C)C(N)=O)cc1. The van der Waals surface area contributed by atoms with Gasteiger partial charge < -0.3 is 15.8 Å². The number of primary amides is 1. The van der Waals surface area contributed by atoms with Crippen LogP contribution in [0.1, 0.15) is 12.5 Å². The van der Waals surface area contributed by atoms with Crippen molar-refractivity contribution >= 4 is 11.8 Å². The fraction of sp³-hybridized carbons (Fsp3) is 0.308. The third-order valence-corrected chi connectivity index (χ3v) is 2.41. The van der Waals surface area contributed by atoms with Crippen LogP contribution in [-0.4, -0.2) is 25.0 Å². The van der Waals surface area contributed by atoms with Crippen LogP contribution >= 0.6 is 0 Å². The largest absolute Gasteiger partial charge is 0.481 e. The van der Waals surface area contributed by atoms with Crippen molar-refractivity contribution in [3.63, 3.8) is 0 Å². The first-order valence-electron chi connectivity index (χ1n) is 5.62. The zero-order chi connectivity index (χ0) is 13.5. The van der Waals surface area contributed by atoms with Gasteiger partial charge in [0.1, 0.15) is 5.75 Å². The van der Waals surface area contributed by atoms with Gasteiger partial charge in [-0.05, 0) is 31.0 Å². The topological polar surface area (TPSA) is 81.4 Å². The summed E-state index contributed by atoms with van der Waals surface area (Å²) in [6, 6.07) is 7.16. The quantitative estimate of drug-likeness (QED) is 0.767. The van der Waals surface area contributed by atoms with E-state index in [-0.39, 0.29) is 5.91 Å². The smallest absolute Gasteiger partial charge is 0.258 e. The van der Waals surface area contributed by atoms with Crippen molar-refractivity contribution in [1.29, 1.82) is 0 Å². The van der Waals surface area contributed by atoms with Gasteiger partial charge in [0, 0.05) is 7.05 Å². The maximum atomic E-state index is 11.0. The Morgan fingerprint density at radius 2 is 2.00 bits per heavy atom. The Balaban J connectivity index is 2.52. The van der Waals surface area contributed by atoms with Gasteiger partial charge in [-0.1, -0.05) is 12.1 Å². The van der Waals surface area contributed by atoms with Crippen LogP contribution in [0.25, 0.3) is 0 Å². The van der Waals surface area contributed by atoms with Crippen LogP contribution in [0.4, 0.5) is 0 Å². The van der Waals surface area contributed by atoms with E-state index in [9.17, 15) is 9.59 Å². The van der Waals surface area contributed by atoms with Crippen LogP contribution < -0.4 is 15.8 Å². The molecule has 1 radical (unpaired) electrons. The summed E-state index contributed by atoms with van der Waals surface area (Å²) in [7, 11) is 1.58. The zero-order valence-electron chi connectivity index (χ0n) is 10.5. The number of ether oxygens (including phenoxy) is 1. The molecular formula is C13H17N2O3. The molecule has 0 unspecified atom stereocenters. The van der Waals surface area contributed by atoms with E-state index in [0.29, 0.717) is 12.2 Å². The Kier molecular flexibility index (Phi) is 5.17. The van der Waals surface area contributed by atoms with Gasteiger partial charge in [-0.3, -0.25) is 9.59 Å². The van der Waals surface area contributed by atoms with Gasteiger partial charge in [-0.15, -0.1) is 0 Å². The van der Waals surface area contributed by atoms with Gasteiger partial charge >= 0.3 is 0 Å². The highest BCUT2D eigenvalue weighted by molar-refractivity contribution is 5.84. The number of carbonyl (C=O) groups excluding carboxylic acids is 2. The number of nitrogens with two attached hydrogens (primary N) is 1. The summed E-state index contributed by atoms with van der Waals surface area (Å²) < 4.78 is 5.31. The number of hydrogen-bond donors (Lipinski definition) is 2. The summed E-state index contributed by atoms with van der Waals surface area (Å²) in [4.78, 5) is 21.9. The summed E-state index contributed by atoms with van der Waals surface area (Å²) in [5, 5.41) is 2.51. The molecule has 0 saturated carbocycles. The van der Waals surface area contributed by atoms with Gasteiger partial charge in [-0.25, -0.2) is 0 Å². The molecule has 0 aliphatic rings. The third kappa shape index (κ3) is 4.45. The second kappa shape index (κ2) is 6.64. The summed E-state index contributed by atoms with van der Waals surface area (Å²) >= 11 is 0. The van der Waals surface area contributed by atoms with Crippen LogP contribution in [0.3, 0.4) is 0 Å². The molecule has 0 heterocycles. The van der Waals surface area contributed by atoms with E-state index in [4.69, 9.17) is 10.5 Å². The van der Waals surface area contributed by atoms with Gasteiger partial charge in [-0.2, -0.15) is 0 Å². The minimum atomic E-state index is -0.659. The molecule has 0 bridgehead atoms. The van der Waals surface area contributed by atoms with Crippen molar-refractivity contribution in [2.75, 3.05) is 7.05 Å². The molecule has 5 heteroatoms. The van der Waals surface area contributed by atoms with E-state index in [1.165, 1.54) is 0 Å². The number of hydrogen-bond acceptors (Lipinski definition) is 3. The lowest BCUT2D eigenvalue weighted by Crippen LogP contribution is -2.30. The second-order valence-electron chi connectivity index (χ2n) is 3.83. The van der Waals surface area contributed by atoms with Crippen molar-refractivity contribution in [1.82, 2.24) is 5.32 Å². The van der Waals surface area contributed by atoms with E-state index in [1.54, 1.807) is 32.5 Å². The lowest BCUT2D eigenvalue weighted by atomic mass is 10.1. The maximum absolute atomic E-state index is 11.0. The fourth-order valence-electron chi connectivity index (χ4n) is 1.28. The third-order valence-electron chi connectivity index (χ3n) is 2.41. The lowest BCUT2D eigenvalue weighted by Gasteiger charge is -2.11. The zero-order valence-corrected chi connectivity index (χ0v) is 10.5. The maximum Gasteiger partial charge on any atom is 0.258 e. The van der Waals surface area contributed by atoms with E-state index in [0.717, 1.165) is 5.56 Å². The summed E-state index contributed by atoms with van der Waals surface area (Å²) in [5.41, 5.74) is 6.08. The van der Waals surface area contributed by atoms with E-state index >= 15 is 0 Å². The van der Waals surface area contributed by atoms with Crippen molar-refractivity contribution in [2.45, 2.75) is 19.4 Å².